The molecule has 0 radical (unpaired) electrons. The third-order valence-corrected chi connectivity index (χ3v) is 12.6. The van der Waals surface area contributed by atoms with E-state index in [1.54, 1.807) is 0 Å². The predicted molar refractivity (Wildman–Crippen MR) is 240 cm³/mol. The van der Waals surface area contributed by atoms with Crippen LogP contribution in [0.3, 0.4) is 0 Å². The summed E-state index contributed by atoms with van der Waals surface area (Å²) in [6.07, 6.45) is 50.2. The van der Waals surface area contributed by atoms with Crippen LogP contribution < -0.4 is 0 Å². The van der Waals surface area contributed by atoms with Crippen LogP contribution in [-0.4, -0.2) is 48.7 Å². The number of nitrogens with zero attached hydrogens (tertiary/aromatic N) is 1. The van der Waals surface area contributed by atoms with Crippen LogP contribution in [-0.2, 0) is 14.3 Å². The number of carboxylic acid groups (broad SMARTS) is 1. The number of ether oxygens (including phenoxy) is 1. The van der Waals surface area contributed by atoms with Crippen LogP contribution in [0.25, 0.3) is 0 Å². The summed E-state index contributed by atoms with van der Waals surface area (Å²) in [5.41, 5.74) is 0. The smallest absolute Gasteiger partial charge is 0.305 e. The minimum Gasteiger partial charge on any atom is -0.483 e. The van der Waals surface area contributed by atoms with Crippen molar-refractivity contribution >= 4 is 12.4 Å². The Morgan fingerprint density at radius 3 is 1.18 bits per heavy atom. The Morgan fingerprint density at radius 1 is 0.491 bits per heavy atom. The molecule has 1 saturated heterocycles. The zero-order valence-corrected chi connectivity index (χ0v) is 37.9. The molecule has 1 aliphatic heterocycles. The van der Waals surface area contributed by atoms with Crippen molar-refractivity contribution in [3.63, 3.8) is 0 Å². The normalized spacial score (nSPS) is 13.7. The molecule has 0 aromatic heterocycles. The fraction of sp³-hybridized carbons (Fsp3) is 0.960. The summed E-state index contributed by atoms with van der Waals surface area (Å²) in [6.45, 7) is 13.7. The molecule has 1 unspecified atom stereocenters. The standard InChI is InChI=1S/C49H97NO2.CH2O2/c1-5-9-23-33-46(34-24-10-6-2)37-27-19-15-13-14-16-20-28-38-48(45-50-42-31-32-43-50)39-29-21-17-18-22-30-40-49(51)52-44-41-47(35-25-11-7-3)36-26-12-8-4;2-1-3/h46-48H,5-45H2,1-4H3;1H,(H,2,3). The minimum atomic E-state index is -0.250. The van der Waals surface area contributed by atoms with Crippen LogP contribution in [0.1, 0.15) is 265 Å². The number of hydrogen-bond donors (Lipinski definition) is 1. The average Bonchev–Trinajstić information content (AvgIpc) is 3.70. The summed E-state index contributed by atoms with van der Waals surface area (Å²) >= 11 is 0. The summed E-state index contributed by atoms with van der Waals surface area (Å²) in [4.78, 5) is 23.5. The third kappa shape index (κ3) is 38.2. The highest BCUT2D eigenvalue weighted by molar-refractivity contribution is 5.69. The van der Waals surface area contributed by atoms with Crippen molar-refractivity contribution in [2.75, 3.05) is 26.2 Å². The van der Waals surface area contributed by atoms with E-state index in [0.29, 0.717) is 13.0 Å². The Labute approximate surface area is 345 Å². The van der Waals surface area contributed by atoms with Crippen LogP contribution in [0, 0.1) is 17.8 Å². The number of carbonyl (C=O) groups excluding carboxylic acids is 1. The highest BCUT2D eigenvalue weighted by Gasteiger charge is 2.17. The summed E-state index contributed by atoms with van der Waals surface area (Å²) < 4.78 is 5.67. The molecule has 328 valence electrons. The molecule has 1 rings (SSSR count). The number of unbranched alkanes of at least 4 members (excludes halogenated alkanes) is 20. The van der Waals surface area contributed by atoms with E-state index in [0.717, 1.165) is 30.6 Å². The fourth-order valence-corrected chi connectivity index (χ4v) is 9.00. The first kappa shape index (κ1) is 53.9. The van der Waals surface area contributed by atoms with Gasteiger partial charge in [-0.2, -0.15) is 0 Å². The van der Waals surface area contributed by atoms with E-state index in [2.05, 4.69) is 32.6 Å². The average molecular weight is 778 g/mol. The zero-order chi connectivity index (χ0) is 40.3. The van der Waals surface area contributed by atoms with Crippen molar-refractivity contribution in [1.82, 2.24) is 4.90 Å². The van der Waals surface area contributed by atoms with Gasteiger partial charge >= 0.3 is 5.97 Å². The Balaban J connectivity index is 0.00000938. The fourth-order valence-electron chi connectivity index (χ4n) is 9.00. The molecule has 0 spiro atoms. The van der Waals surface area contributed by atoms with Gasteiger partial charge in [0, 0.05) is 13.0 Å². The van der Waals surface area contributed by atoms with E-state index < -0.39 is 0 Å². The van der Waals surface area contributed by atoms with Gasteiger partial charge in [0.15, 0.2) is 0 Å². The maximum atomic E-state index is 12.4. The lowest BCUT2D eigenvalue weighted by Gasteiger charge is -2.23. The lowest BCUT2D eigenvalue weighted by atomic mass is 9.90. The van der Waals surface area contributed by atoms with Gasteiger partial charge in [-0.15, -0.1) is 0 Å². The number of likely N-dealkylation sites (tertiary alicyclic amines) is 1. The second-order valence-corrected chi connectivity index (χ2v) is 17.8. The van der Waals surface area contributed by atoms with Crippen molar-refractivity contribution < 1.29 is 19.4 Å². The van der Waals surface area contributed by atoms with E-state index in [4.69, 9.17) is 14.6 Å². The van der Waals surface area contributed by atoms with E-state index >= 15 is 0 Å². The molecular formula is C50H99NO4. The van der Waals surface area contributed by atoms with Crippen LogP contribution in [0.5, 0.6) is 0 Å². The van der Waals surface area contributed by atoms with E-state index in [-0.39, 0.29) is 12.4 Å². The molecule has 1 N–H and O–H groups in total. The Morgan fingerprint density at radius 2 is 0.800 bits per heavy atom. The van der Waals surface area contributed by atoms with Gasteiger partial charge in [0.05, 0.1) is 6.61 Å². The number of rotatable bonds is 41. The molecule has 0 aromatic rings. The van der Waals surface area contributed by atoms with Gasteiger partial charge in [-0.05, 0) is 69.4 Å². The molecule has 5 nitrogen and oxygen atoms in total. The van der Waals surface area contributed by atoms with Gasteiger partial charge in [-0.25, -0.2) is 0 Å². The number of carbonyl (C=O) groups is 2. The lowest BCUT2D eigenvalue weighted by molar-refractivity contribution is -0.144. The maximum absolute atomic E-state index is 12.4. The Hall–Kier alpha value is -1.10. The van der Waals surface area contributed by atoms with Crippen molar-refractivity contribution in [1.29, 1.82) is 0 Å². The maximum Gasteiger partial charge on any atom is 0.305 e. The van der Waals surface area contributed by atoms with Crippen molar-refractivity contribution in [3.05, 3.63) is 0 Å². The molecule has 0 aromatic carbocycles. The van der Waals surface area contributed by atoms with Crippen LogP contribution in [0.15, 0.2) is 0 Å². The molecule has 1 aliphatic rings. The molecular weight excluding hydrogens is 679 g/mol. The van der Waals surface area contributed by atoms with Gasteiger partial charge in [-0.1, -0.05) is 220 Å². The van der Waals surface area contributed by atoms with E-state index in [1.165, 1.54) is 238 Å². The molecule has 1 heterocycles. The largest absolute Gasteiger partial charge is 0.483 e. The zero-order valence-electron chi connectivity index (χ0n) is 37.9. The molecule has 0 bridgehead atoms. The topological polar surface area (TPSA) is 66.8 Å². The third-order valence-electron chi connectivity index (χ3n) is 12.6. The SMILES string of the molecule is CCCCCC(CCCCC)CCCCCCCCCCC(CCCCCCCCC(=O)OCCC(CCCCC)CCCCC)CN1CCCC1.O=CO. The van der Waals surface area contributed by atoms with Gasteiger partial charge < -0.3 is 14.7 Å². The molecule has 0 amide bonds. The monoisotopic (exact) mass is 778 g/mol. The highest BCUT2D eigenvalue weighted by atomic mass is 16.5. The van der Waals surface area contributed by atoms with Crippen molar-refractivity contribution in [3.8, 4) is 0 Å². The molecule has 0 aliphatic carbocycles. The van der Waals surface area contributed by atoms with Crippen LogP contribution in [0.4, 0.5) is 0 Å². The van der Waals surface area contributed by atoms with Gasteiger partial charge in [0.25, 0.3) is 6.47 Å². The van der Waals surface area contributed by atoms with Crippen LogP contribution >= 0.6 is 0 Å². The number of hydrogen-bond acceptors (Lipinski definition) is 4. The van der Waals surface area contributed by atoms with Crippen molar-refractivity contribution in [2.45, 2.75) is 265 Å². The first-order chi connectivity index (χ1) is 27.0. The molecule has 1 atom stereocenters. The summed E-state index contributed by atoms with van der Waals surface area (Å²) in [5.74, 6) is 2.71. The quantitative estimate of drug-likeness (QED) is 0.0380. The second kappa shape index (κ2) is 44.0. The van der Waals surface area contributed by atoms with Crippen molar-refractivity contribution in [2.24, 2.45) is 17.8 Å². The van der Waals surface area contributed by atoms with Gasteiger partial charge in [-0.3, -0.25) is 9.59 Å². The Kier molecular flexibility index (Phi) is 43.1. The first-order valence-electron chi connectivity index (χ1n) is 25.0. The predicted octanol–water partition coefficient (Wildman–Crippen LogP) is 15.9. The lowest BCUT2D eigenvalue weighted by Crippen LogP contribution is -2.26. The molecule has 1 fully saturated rings. The molecule has 0 saturated carbocycles. The second-order valence-electron chi connectivity index (χ2n) is 17.8. The van der Waals surface area contributed by atoms with Gasteiger partial charge in [0.2, 0.25) is 0 Å². The summed E-state index contributed by atoms with van der Waals surface area (Å²) in [5, 5.41) is 6.89. The Bertz CT molecular complexity index is 749. The highest BCUT2D eigenvalue weighted by Crippen LogP contribution is 2.26. The summed E-state index contributed by atoms with van der Waals surface area (Å²) in [6, 6.07) is 0. The first-order valence-corrected chi connectivity index (χ1v) is 25.0. The minimum absolute atomic E-state index is 0.0420. The van der Waals surface area contributed by atoms with Gasteiger partial charge in [0.1, 0.15) is 0 Å². The number of esters is 1. The summed E-state index contributed by atoms with van der Waals surface area (Å²) in [7, 11) is 0. The van der Waals surface area contributed by atoms with E-state index in [9.17, 15) is 4.79 Å². The van der Waals surface area contributed by atoms with Crippen LogP contribution in [0.2, 0.25) is 0 Å². The molecule has 55 heavy (non-hydrogen) atoms. The molecule has 5 heteroatoms. The van der Waals surface area contributed by atoms with E-state index in [1.807, 2.05) is 0 Å².